The Morgan fingerprint density at radius 2 is 1.53 bits per heavy atom. The highest BCUT2D eigenvalue weighted by molar-refractivity contribution is 5.88. The number of ether oxygens (including phenoxy) is 2. The third kappa shape index (κ3) is 6.33. The largest absolute Gasteiger partial charge is 0.573 e. The SMILES string of the molecule is CCCCOc1ccc(-c2ccc3c(F)c(CCc4ccc(OC(F)(F)F)c(F)c4)ccc3c2)cc1. The lowest BCUT2D eigenvalue weighted by atomic mass is 9.97. The lowest BCUT2D eigenvalue weighted by molar-refractivity contribution is -0.275. The molecular formula is C29H25F5O2. The minimum absolute atomic E-state index is 0.260. The van der Waals surface area contributed by atoms with Crippen molar-refractivity contribution in [1.82, 2.24) is 0 Å². The molecule has 0 aromatic heterocycles. The molecule has 0 atom stereocenters. The van der Waals surface area contributed by atoms with E-state index in [9.17, 15) is 17.6 Å². The highest BCUT2D eigenvalue weighted by Gasteiger charge is 2.32. The highest BCUT2D eigenvalue weighted by Crippen LogP contribution is 2.30. The number of hydrogen-bond donors (Lipinski definition) is 0. The Labute approximate surface area is 206 Å². The van der Waals surface area contributed by atoms with Crippen LogP contribution in [-0.4, -0.2) is 13.0 Å². The fraction of sp³-hybridized carbons (Fsp3) is 0.241. The van der Waals surface area contributed by atoms with Gasteiger partial charge in [-0.15, -0.1) is 13.2 Å². The molecule has 188 valence electrons. The van der Waals surface area contributed by atoms with Gasteiger partial charge in [0.2, 0.25) is 0 Å². The maximum atomic E-state index is 15.2. The molecule has 2 nitrogen and oxygen atoms in total. The van der Waals surface area contributed by atoms with Crippen LogP contribution in [0.15, 0.2) is 72.8 Å². The van der Waals surface area contributed by atoms with Gasteiger partial charge in [0.1, 0.15) is 11.6 Å². The van der Waals surface area contributed by atoms with Gasteiger partial charge in [0.15, 0.2) is 11.6 Å². The molecule has 0 amide bonds. The Bertz CT molecular complexity index is 1330. The van der Waals surface area contributed by atoms with Crippen LogP contribution >= 0.6 is 0 Å². The molecule has 0 saturated heterocycles. The van der Waals surface area contributed by atoms with Gasteiger partial charge in [-0.05, 0) is 77.2 Å². The second-order valence-electron chi connectivity index (χ2n) is 8.51. The summed E-state index contributed by atoms with van der Waals surface area (Å²) in [6.45, 7) is 2.79. The minimum Gasteiger partial charge on any atom is -0.494 e. The van der Waals surface area contributed by atoms with Crippen molar-refractivity contribution in [3.05, 3.63) is 95.6 Å². The van der Waals surface area contributed by atoms with E-state index in [0.29, 0.717) is 23.1 Å². The Balaban J connectivity index is 1.46. The van der Waals surface area contributed by atoms with Crippen molar-refractivity contribution in [2.75, 3.05) is 6.61 Å². The van der Waals surface area contributed by atoms with Crippen LogP contribution in [0.4, 0.5) is 22.0 Å². The van der Waals surface area contributed by atoms with Crippen molar-refractivity contribution in [3.8, 4) is 22.6 Å². The number of benzene rings is 4. The molecule has 0 fully saturated rings. The van der Waals surface area contributed by atoms with Crippen molar-refractivity contribution in [2.24, 2.45) is 0 Å². The maximum absolute atomic E-state index is 15.2. The lowest BCUT2D eigenvalue weighted by Gasteiger charge is -2.11. The molecular weight excluding hydrogens is 475 g/mol. The molecule has 4 aromatic carbocycles. The summed E-state index contributed by atoms with van der Waals surface area (Å²) in [5.74, 6) is -1.56. The third-order valence-electron chi connectivity index (χ3n) is 5.89. The standard InChI is InChI=1S/C29H25F5O2/c1-2-3-16-35-24-12-9-20(10-13-24)22-11-14-25-23(18-22)8-7-21(28(25)31)6-4-19-5-15-27(26(30)17-19)36-29(32,33)34/h5,7-15,17-18H,2-4,6,16H2,1H3. The fourth-order valence-corrected chi connectivity index (χ4v) is 3.97. The topological polar surface area (TPSA) is 18.5 Å². The average Bonchev–Trinajstić information content (AvgIpc) is 2.85. The van der Waals surface area contributed by atoms with E-state index in [1.165, 1.54) is 6.07 Å². The number of unbranched alkanes of at least 4 members (excludes halogenated alkanes) is 1. The molecule has 0 bridgehead atoms. The van der Waals surface area contributed by atoms with Crippen LogP contribution in [0.25, 0.3) is 21.9 Å². The van der Waals surface area contributed by atoms with Crippen LogP contribution in [0.5, 0.6) is 11.5 Å². The first-order valence-corrected chi connectivity index (χ1v) is 11.7. The maximum Gasteiger partial charge on any atom is 0.573 e. The summed E-state index contributed by atoms with van der Waals surface area (Å²) >= 11 is 0. The Morgan fingerprint density at radius 1 is 0.778 bits per heavy atom. The lowest BCUT2D eigenvalue weighted by Crippen LogP contribution is -2.18. The number of rotatable bonds is 9. The molecule has 0 unspecified atom stereocenters. The van der Waals surface area contributed by atoms with E-state index in [2.05, 4.69) is 11.7 Å². The first-order valence-electron chi connectivity index (χ1n) is 11.7. The predicted octanol–water partition coefficient (Wildman–Crippen LogP) is 8.65. The summed E-state index contributed by atoms with van der Waals surface area (Å²) in [4.78, 5) is 0. The molecule has 0 aliphatic heterocycles. The molecule has 0 radical (unpaired) electrons. The summed E-state index contributed by atoms with van der Waals surface area (Å²) < 4.78 is 75.5. The van der Waals surface area contributed by atoms with Crippen molar-refractivity contribution in [1.29, 1.82) is 0 Å². The third-order valence-corrected chi connectivity index (χ3v) is 5.89. The molecule has 0 aliphatic rings. The zero-order chi connectivity index (χ0) is 25.7. The van der Waals surface area contributed by atoms with Crippen molar-refractivity contribution in [3.63, 3.8) is 0 Å². The van der Waals surface area contributed by atoms with E-state index >= 15 is 4.39 Å². The molecule has 4 rings (SSSR count). The molecule has 4 aromatic rings. The van der Waals surface area contributed by atoms with Crippen LogP contribution in [0.1, 0.15) is 30.9 Å². The van der Waals surface area contributed by atoms with E-state index in [-0.39, 0.29) is 18.7 Å². The zero-order valence-corrected chi connectivity index (χ0v) is 19.7. The van der Waals surface area contributed by atoms with Gasteiger partial charge in [0, 0.05) is 5.39 Å². The number of fused-ring (bicyclic) bond motifs is 1. The Morgan fingerprint density at radius 3 is 2.22 bits per heavy atom. The smallest absolute Gasteiger partial charge is 0.494 e. The Hall–Kier alpha value is -3.61. The quantitative estimate of drug-likeness (QED) is 0.169. The van der Waals surface area contributed by atoms with Crippen molar-refractivity contribution < 1.29 is 31.4 Å². The van der Waals surface area contributed by atoms with Crippen molar-refractivity contribution in [2.45, 2.75) is 39.0 Å². The van der Waals surface area contributed by atoms with E-state index in [1.807, 2.05) is 42.5 Å². The van der Waals surface area contributed by atoms with Gasteiger partial charge in [-0.1, -0.05) is 55.8 Å². The van der Waals surface area contributed by atoms with Crippen LogP contribution in [-0.2, 0) is 12.8 Å². The summed E-state index contributed by atoms with van der Waals surface area (Å²) in [6, 6.07) is 20.1. The highest BCUT2D eigenvalue weighted by atomic mass is 19.4. The summed E-state index contributed by atoms with van der Waals surface area (Å²) in [5.41, 5.74) is 2.83. The number of alkyl halides is 3. The number of halogens is 5. The summed E-state index contributed by atoms with van der Waals surface area (Å²) in [6.07, 6.45) is -2.37. The van der Waals surface area contributed by atoms with Gasteiger partial charge in [-0.25, -0.2) is 8.78 Å². The van der Waals surface area contributed by atoms with Gasteiger partial charge < -0.3 is 9.47 Å². The second-order valence-corrected chi connectivity index (χ2v) is 8.51. The van der Waals surface area contributed by atoms with E-state index in [4.69, 9.17) is 4.74 Å². The van der Waals surface area contributed by atoms with Gasteiger partial charge in [0.25, 0.3) is 0 Å². The summed E-state index contributed by atoms with van der Waals surface area (Å²) in [7, 11) is 0. The molecule has 7 heteroatoms. The van der Waals surface area contributed by atoms with Crippen LogP contribution in [0.3, 0.4) is 0 Å². The Kier molecular flexibility index (Phi) is 7.77. The normalized spacial score (nSPS) is 11.6. The molecule has 0 N–H and O–H groups in total. The fourth-order valence-electron chi connectivity index (χ4n) is 3.97. The van der Waals surface area contributed by atoms with Crippen LogP contribution in [0, 0.1) is 11.6 Å². The van der Waals surface area contributed by atoms with Crippen LogP contribution < -0.4 is 9.47 Å². The zero-order valence-electron chi connectivity index (χ0n) is 19.7. The average molecular weight is 501 g/mol. The molecule has 0 spiro atoms. The first kappa shape index (κ1) is 25.5. The minimum atomic E-state index is -4.97. The number of hydrogen-bond acceptors (Lipinski definition) is 2. The molecule has 0 saturated carbocycles. The van der Waals surface area contributed by atoms with Crippen molar-refractivity contribution >= 4 is 10.8 Å². The number of aryl methyl sites for hydroxylation is 2. The van der Waals surface area contributed by atoms with E-state index in [0.717, 1.165) is 47.2 Å². The molecule has 36 heavy (non-hydrogen) atoms. The van der Waals surface area contributed by atoms with Gasteiger partial charge >= 0.3 is 6.36 Å². The second kappa shape index (κ2) is 11.0. The van der Waals surface area contributed by atoms with E-state index < -0.39 is 17.9 Å². The monoisotopic (exact) mass is 500 g/mol. The molecule has 0 aliphatic carbocycles. The van der Waals surface area contributed by atoms with Crippen LogP contribution in [0.2, 0.25) is 0 Å². The summed E-state index contributed by atoms with van der Waals surface area (Å²) in [5, 5.41) is 1.22. The predicted molar refractivity (Wildman–Crippen MR) is 130 cm³/mol. The van der Waals surface area contributed by atoms with Gasteiger partial charge in [-0.2, -0.15) is 0 Å². The molecule has 0 heterocycles. The first-order chi connectivity index (χ1) is 17.2. The van der Waals surface area contributed by atoms with E-state index in [1.54, 1.807) is 12.1 Å². The van der Waals surface area contributed by atoms with Gasteiger partial charge in [-0.3, -0.25) is 0 Å². The van der Waals surface area contributed by atoms with Gasteiger partial charge in [0.05, 0.1) is 6.61 Å².